The zero-order valence-electron chi connectivity index (χ0n) is 12.9. The molecule has 1 amide bonds. The molecule has 0 saturated carbocycles. The first kappa shape index (κ1) is 17.2. The fourth-order valence-corrected chi connectivity index (χ4v) is 3.38. The van der Waals surface area contributed by atoms with Crippen molar-refractivity contribution in [3.05, 3.63) is 58.1 Å². The largest absolute Gasteiger partial charge is 0.392 e. The summed E-state index contributed by atoms with van der Waals surface area (Å²) < 4.78 is 0. The minimum absolute atomic E-state index is 0.108. The molecule has 1 saturated heterocycles. The predicted molar refractivity (Wildman–Crippen MR) is 96.2 cm³/mol. The van der Waals surface area contributed by atoms with Crippen molar-refractivity contribution in [2.75, 3.05) is 6.54 Å². The third-order valence-corrected chi connectivity index (χ3v) is 4.66. The number of hydrogen-bond acceptors (Lipinski definition) is 3. The smallest absolute Gasteiger partial charge is 0.237 e. The molecule has 0 aliphatic carbocycles. The number of aliphatic hydroxyl groups is 1. The maximum Gasteiger partial charge on any atom is 0.237 e. The fraction of sp³-hybridized carbons (Fsp3) is 0.278. The van der Waals surface area contributed by atoms with E-state index in [0.717, 1.165) is 16.7 Å². The molecule has 3 N–H and O–H groups in total. The van der Waals surface area contributed by atoms with Gasteiger partial charge in [0.2, 0.25) is 5.91 Å². The van der Waals surface area contributed by atoms with Gasteiger partial charge in [-0.2, -0.15) is 0 Å². The Balaban J connectivity index is 1.76. The highest BCUT2D eigenvalue weighted by atomic mass is 35.5. The van der Waals surface area contributed by atoms with Crippen LogP contribution >= 0.6 is 23.2 Å². The van der Waals surface area contributed by atoms with Crippen LogP contribution < -0.4 is 10.6 Å². The highest BCUT2D eigenvalue weighted by Gasteiger charge is 2.27. The second kappa shape index (κ2) is 7.53. The van der Waals surface area contributed by atoms with Crippen molar-refractivity contribution in [1.82, 2.24) is 10.6 Å². The number of benzene rings is 2. The van der Waals surface area contributed by atoms with Crippen LogP contribution in [0.3, 0.4) is 0 Å². The van der Waals surface area contributed by atoms with Gasteiger partial charge in [0, 0.05) is 28.7 Å². The molecule has 126 valence electrons. The van der Waals surface area contributed by atoms with E-state index >= 15 is 0 Å². The summed E-state index contributed by atoms with van der Waals surface area (Å²) in [5.74, 6) is -0.108. The fourth-order valence-electron chi connectivity index (χ4n) is 2.87. The quantitative estimate of drug-likeness (QED) is 0.781. The Morgan fingerprint density at radius 2 is 2.00 bits per heavy atom. The standard InChI is InChI=1S/C18H18Cl2N2O2/c19-12-5-6-15(16(20)7-12)14-4-2-1-3-11(14)9-22-18(24)17-8-13(23)10-21-17/h1-7,13,17,21,23H,8-10H2,(H,22,24)/t13-,17-/m1/s1. The lowest BCUT2D eigenvalue weighted by Crippen LogP contribution is -2.40. The van der Waals surface area contributed by atoms with Crippen molar-refractivity contribution in [2.24, 2.45) is 0 Å². The van der Waals surface area contributed by atoms with E-state index in [4.69, 9.17) is 23.2 Å². The number of β-amino-alcohol motifs (C(OH)–C–C–N with tert-alkyl or cyclic N) is 1. The van der Waals surface area contributed by atoms with E-state index in [-0.39, 0.29) is 11.9 Å². The molecule has 2 aromatic rings. The van der Waals surface area contributed by atoms with E-state index in [2.05, 4.69) is 10.6 Å². The van der Waals surface area contributed by atoms with Crippen molar-refractivity contribution in [3.63, 3.8) is 0 Å². The van der Waals surface area contributed by atoms with Gasteiger partial charge in [0.1, 0.15) is 0 Å². The number of hydrogen-bond donors (Lipinski definition) is 3. The third-order valence-electron chi connectivity index (χ3n) is 4.12. The molecular formula is C18H18Cl2N2O2. The van der Waals surface area contributed by atoms with E-state index in [0.29, 0.717) is 29.6 Å². The molecule has 0 aromatic heterocycles. The number of carbonyl (C=O) groups is 1. The monoisotopic (exact) mass is 364 g/mol. The molecule has 2 atom stereocenters. The molecule has 1 fully saturated rings. The second-order valence-corrected chi connectivity index (χ2v) is 6.69. The van der Waals surface area contributed by atoms with Crippen molar-refractivity contribution in [2.45, 2.75) is 25.1 Å². The Morgan fingerprint density at radius 1 is 1.21 bits per heavy atom. The zero-order valence-corrected chi connectivity index (χ0v) is 14.4. The molecular weight excluding hydrogens is 347 g/mol. The minimum atomic E-state index is -0.457. The number of amides is 1. The van der Waals surface area contributed by atoms with Crippen molar-refractivity contribution in [3.8, 4) is 11.1 Å². The maximum absolute atomic E-state index is 12.2. The average Bonchev–Trinajstić information content (AvgIpc) is 3.00. The highest BCUT2D eigenvalue weighted by molar-refractivity contribution is 6.36. The summed E-state index contributed by atoms with van der Waals surface area (Å²) in [6.45, 7) is 0.845. The summed E-state index contributed by atoms with van der Waals surface area (Å²) in [6.07, 6.45) is -0.0165. The predicted octanol–water partition coefficient (Wildman–Crippen LogP) is 3.00. The van der Waals surface area contributed by atoms with Crippen LogP contribution in [0.15, 0.2) is 42.5 Å². The van der Waals surface area contributed by atoms with Crippen molar-refractivity contribution >= 4 is 29.1 Å². The summed E-state index contributed by atoms with van der Waals surface area (Å²) >= 11 is 12.3. The molecule has 6 heteroatoms. The summed E-state index contributed by atoms with van der Waals surface area (Å²) in [6, 6.07) is 12.8. The number of carbonyl (C=O) groups excluding carboxylic acids is 1. The Bertz CT molecular complexity index is 752. The van der Waals surface area contributed by atoms with Gasteiger partial charge in [-0.05, 0) is 29.7 Å². The van der Waals surface area contributed by atoms with Crippen molar-refractivity contribution in [1.29, 1.82) is 0 Å². The van der Waals surface area contributed by atoms with E-state index in [1.807, 2.05) is 30.3 Å². The van der Waals surface area contributed by atoms with Gasteiger partial charge >= 0.3 is 0 Å². The third kappa shape index (κ3) is 3.90. The first-order chi connectivity index (χ1) is 11.5. The molecule has 1 heterocycles. The molecule has 0 bridgehead atoms. The highest BCUT2D eigenvalue weighted by Crippen LogP contribution is 2.32. The van der Waals surface area contributed by atoms with E-state index < -0.39 is 6.10 Å². The summed E-state index contributed by atoms with van der Waals surface area (Å²) in [5, 5.41) is 16.6. The normalized spacial score (nSPS) is 20.1. The van der Waals surface area contributed by atoms with Gasteiger partial charge in [0.25, 0.3) is 0 Å². The number of aliphatic hydroxyl groups excluding tert-OH is 1. The molecule has 0 unspecified atom stereocenters. The van der Waals surface area contributed by atoms with Gasteiger partial charge in [0.15, 0.2) is 0 Å². The maximum atomic E-state index is 12.2. The molecule has 1 aliphatic heterocycles. The van der Waals surface area contributed by atoms with Gasteiger partial charge in [-0.15, -0.1) is 0 Å². The van der Waals surface area contributed by atoms with Gasteiger partial charge in [0.05, 0.1) is 12.1 Å². The van der Waals surface area contributed by atoms with E-state index in [1.165, 1.54) is 0 Å². The van der Waals surface area contributed by atoms with E-state index in [9.17, 15) is 9.90 Å². The first-order valence-corrected chi connectivity index (χ1v) is 8.52. The van der Waals surface area contributed by atoms with Crippen LogP contribution in [0.2, 0.25) is 10.0 Å². The van der Waals surface area contributed by atoms with Crippen LogP contribution in [-0.4, -0.2) is 29.7 Å². The van der Waals surface area contributed by atoms with Gasteiger partial charge in [-0.25, -0.2) is 0 Å². The SMILES string of the molecule is O=C(NCc1ccccc1-c1ccc(Cl)cc1Cl)[C@H]1C[C@@H](O)CN1. The molecule has 24 heavy (non-hydrogen) atoms. The Hall–Kier alpha value is -1.59. The summed E-state index contributed by atoms with van der Waals surface area (Å²) in [5.41, 5.74) is 2.80. The lowest BCUT2D eigenvalue weighted by Gasteiger charge is -2.14. The number of rotatable bonds is 4. The molecule has 0 radical (unpaired) electrons. The molecule has 0 spiro atoms. The van der Waals surface area contributed by atoms with Crippen molar-refractivity contribution < 1.29 is 9.90 Å². The number of nitrogens with one attached hydrogen (secondary N) is 2. The summed E-state index contributed by atoms with van der Waals surface area (Å²) in [7, 11) is 0. The van der Waals surface area contributed by atoms with E-state index in [1.54, 1.807) is 12.1 Å². The van der Waals surface area contributed by atoms with Crippen LogP contribution in [-0.2, 0) is 11.3 Å². The topological polar surface area (TPSA) is 61.4 Å². The Kier molecular flexibility index (Phi) is 5.41. The molecule has 1 aliphatic rings. The second-order valence-electron chi connectivity index (χ2n) is 5.85. The lowest BCUT2D eigenvalue weighted by molar-refractivity contribution is -0.123. The Morgan fingerprint density at radius 3 is 2.71 bits per heavy atom. The average molecular weight is 365 g/mol. The molecule has 3 rings (SSSR count). The Labute approximate surface area is 150 Å². The summed E-state index contributed by atoms with van der Waals surface area (Å²) in [4.78, 5) is 12.2. The number of halogens is 2. The molecule has 4 nitrogen and oxygen atoms in total. The van der Waals surface area contributed by atoms with Crippen LogP contribution in [0.4, 0.5) is 0 Å². The van der Waals surface area contributed by atoms with Gasteiger partial charge < -0.3 is 15.7 Å². The van der Waals surface area contributed by atoms with Crippen LogP contribution in [0, 0.1) is 0 Å². The minimum Gasteiger partial charge on any atom is -0.392 e. The van der Waals surface area contributed by atoms with Crippen LogP contribution in [0.1, 0.15) is 12.0 Å². The zero-order chi connectivity index (χ0) is 17.1. The lowest BCUT2D eigenvalue weighted by atomic mass is 9.99. The van der Waals surface area contributed by atoms with Crippen LogP contribution in [0.25, 0.3) is 11.1 Å². The van der Waals surface area contributed by atoms with Crippen LogP contribution in [0.5, 0.6) is 0 Å². The van der Waals surface area contributed by atoms with Gasteiger partial charge in [-0.1, -0.05) is 53.5 Å². The molecule has 2 aromatic carbocycles. The first-order valence-electron chi connectivity index (χ1n) is 7.77. The van der Waals surface area contributed by atoms with Gasteiger partial charge in [-0.3, -0.25) is 4.79 Å².